The first-order valence-electron chi connectivity index (χ1n) is 3.86. The van der Waals surface area contributed by atoms with Crippen molar-refractivity contribution in [3.63, 3.8) is 0 Å². The molecule has 0 aromatic carbocycles. The molecule has 1 atom stereocenters. The molecule has 1 unspecified atom stereocenters. The molecule has 5 heteroatoms. The fourth-order valence-corrected chi connectivity index (χ4v) is 0.920. The molecular weight excluding hydrogens is 156 g/mol. The number of anilines is 1. The number of methoxy groups -OCH3 is 1. The average molecular weight is 170 g/mol. The molecule has 1 heterocycles. The third-order valence-electron chi connectivity index (χ3n) is 2.13. The van der Waals surface area contributed by atoms with Crippen molar-refractivity contribution in [3.8, 4) is 0 Å². The lowest BCUT2D eigenvalue weighted by atomic mass is 10.0. The minimum atomic E-state index is -0.412. The van der Waals surface area contributed by atoms with Gasteiger partial charge in [-0.2, -0.15) is 4.98 Å². The summed E-state index contributed by atoms with van der Waals surface area (Å²) in [4.78, 5) is 4.01. The van der Waals surface area contributed by atoms with Gasteiger partial charge in [-0.15, -0.1) is 5.10 Å². The van der Waals surface area contributed by atoms with E-state index in [4.69, 9.17) is 10.5 Å². The van der Waals surface area contributed by atoms with Crippen LogP contribution in [0.1, 0.15) is 26.1 Å². The highest BCUT2D eigenvalue weighted by Crippen LogP contribution is 2.24. The van der Waals surface area contributed by atoms with Gasteiger partial charge in [-0.25, -0.2) is 0 Å². The van der Waals surface area contributed by atoms with Crippen LogP contribution in [0.25, 0.3) is 0 Å². The molecule has 0 fully saturated rings. The summed E-state index contributed by atoms with van der Waals surface area (Å²) in [6.07, 6.45) is 0.818. The van der Waals surface area contributed by atoms with E-state index in [1.165, 1.54) is 0 Å². The first kappa shape index (κ1) is 8.99. The molecule has 1 rings (SSSR count). The standard InChI is InChI=1S/C7H14N4O/c1-4-7(2,12-3)5-9-6(8)11-10-5/h4H2,1-3H3,(H3,8,9,10,11). The highest BCUT2D eigenvalue weighted by atomic mass is 16.5. The average Bonchev–Trinajstić information content (AvgIpc) is 2.51. The number of hydrogen-bond donors (Lipinski definition) is 2. The van der Waals surface area contributed by atoms with E-state index in [9.17, 15) is 0 Å². The van der Waals surface area contributed by atoms with Crippen LogP contribution in [-0.2, 0) is 10.3 Å². The van der Waals surface area contributed by atoms with Gasteiger partial charge >= 0.3 is 0 Å². The molecule has 68 valence electrons. The minimum Gasteiger partial charge on any atom is -0.371 e. The van der Waals surface area contributed by atoms with Crippen molar-refractivity contribution in [1.82, 2.24) is 15.2 Å². The Bertz CT molecular complexity index is 254. The summed E-state index contributed by atoms with van der Waals surface area (Å²) in [7, 11) is 1.64. The molecule has 1 aromatic rings. The van der Waals surface area contributed by atoms with E-state index in [-0.39, 0.29) is 5.95 Å². The number of nitrogen functional groups attached to an aromatic ring is 1. The molecule has 0 bridgehead atoms. The van der Waals surface area contributed by atoms with Crippen LogP contribution >= 0.6 is 0 Å². The van der Waals surface area contributed by atoms with Gasteiger partial charge in [0.15, 0.2) is 5.82 Å². The van der Waals surface area contributed by atoms with Crippen LogP contribution in [0.4, 0.5) is 5.95 Å². The summed E-state index contributed by atoms with van der Waals surface area (Å²) in [6.45, 7) is 3.95. The Morgan fingerprint density at radius 3 is 2.67 bits per heavy atom. The Labute approximate surface area is 71.3 Å². The summed E-state index contributed by atoms with van der Waals surface area (Å²) in [5.74, 6) is 0.923. The molecule has 3 N–H and O–H groups in total. The van der Waals surface area contributed by atoms with E-state index in [0.717, 1.165) is 6.42 Å². The van der Waals surface area contributed by atoms with Crippen LogP contribution < -0.4 is 5.73 Å². The fourth-order valence-electron chi connectivity index (χ4n) is 0.920. The van der Waals surface area contributed by atoms with Gasteiger partial charge in [-0.05, 0) is 13.3 Å². The number of nitrogens with one attached hydrogen (secondary N) is 1. The smallest absolute Gasteiger partial charge is 0.239 e. The number of nitrogens with zero attached hydrogens (tertiary/aromatic N) is 2. The van der Waals surface area contributed by atoms with Gasteiger partial charge in [0.25, 0.3) is 0 Å². The van der Waals surface area contributed by atoms with Crippen molar-refractivity contribution < 1.29 is 4.74 Å². The number of aromatic amines is 1. The predicted molar refractivity (Wildman–Crippen MR) is 45.4 cm³/mol. The zero-order chi connectivity index (χ0) is 9.19. The molecule has 12 heavy (non-hydrogen) atoms. The molecule has 0 aliphatic carbocycles. The largest absolute Gasteiger partial charge is 0.371 e. The monoisotopic (exact) mass is 170 g/mol. The normalized spacial score (nSPS) is 15.9. The van der Waals surface area contributed by atoms with Crippen LogP contribution in [0, 0.1) is 0 Å². The van der Waals surface area contributed by atoms with Gasteiger partial charge in [0, 0.05) is 7.11 Å². The van der Waals surface area contributed by atoms with E-state index < -0.39 is 5.60 Å². The quantitative estimate of drug-likeness (QED) is 0.698. The number of rotatable bonds is 3. The van der Waals surface area contributed by atoms with Gasteiger partial charge in [0.2, 0.25) is 5.95 Å². The molecule has 0 saturated carbocycles. The summed E-state index contributed by atoms with van der Waals surface area (Å²) in [5.41, 5.74) is 4.96. The summed E-state index contributed by atoms with van der Waals surface area (Å²) in [6, 6.07) is 0. The number of ether oxygens (including phenoxy) is 1. The van der Waals surface area contributed by atoms with Gasteiger partial charge in [0.05, 0.1) is 0 Å². The Balaban J connectivity index is 2.94. The van der Waals surface area contributed by atoms with Crippen molar-refractivity contribution in [2.75, 3.05) is 12.8 Å². The van der Waals surface area contributed by atoms with Crippen LogP contribution in [0.2, 0.25) is 0 Å². The molecule has 0 amide bonds. The first-order valence-corrected chi connectivity index (χ1v) is 3.86. The third-order valence-corrected chi connectivity index (χ3v) is 2.13. The van der Waals surface area contributed by atoms with E-state index in [0.29, 0.717) is 5.82 Å². The van der Waals surface area contributed by atoms with Crippen LogP contribution in [-0.4, -0.2) is 22.3 Å². The second kappa shape index (κ2) is 3.10. The van der Waals surface area contributed by atoms with Crippen LogP contribution in [0.15, 0.2) is 0 Å². The molecule has 0 spiro atoms. The van der Waals surface area contributed by atoms with E-state index in [2.05, 4.69) is 15.2 Å². The number of H-pyrrole nitrogens is 1. The summed E-state index contributed by atoms with van der Waals surface area (Å²) < 4.78 is 5.30. The topological polar surface area (TPSA) is 76.8 Å². The maximum atomic E-state index is 5.38. The van der Waals surface area contributed by atoms with Crippen LogP contribution in [0.3, 0.4) is 0 Å². The van der Waals surface area contributed by atoms with Gasteiger partial charge in [0.1, 0.15) is 5.60 Å². The molecule has 0 saturated heterocycles. The van der Waals surface area contributed by atoms with Crippen molar-refractivity contribution in [3.05, 3.63) is 5.82 Å². The van der Waals surface area contributed by atoms with Crippen molar-refractivity contribution in [1.29, 1.82) is 0 Å². The third kappa shape index (κ3) is 1.40. The van der Waals surface area contributed by atoms with E-state index >= 15 is 0 Å². The maximum absolute atomic E-state index is 5.38. The zero-order valence-electron chi connectivity index (χ0n) is 7.59. The van der Waals surface area contributed by atoms with Crippen molar-refractivity contribution in [2.45, 2.75) is 25.9 Å². The Morgan fingerprint density at radius 2 is 2.33 bits per heavy atom. The number of hydrogen-bond acceptors (Lipinski definition) is 4. The Morgan fingerprint density at radius 1 is 1.67 bits per heavy atom. The van der Waals surface area contributed by atoms with E-state index in [1.807, 2.05) is 13.8 Å². The van der Waals surface area contributed by atoms with Gasteiger partial charge in [-0.3, -0.25) is 5.10 Å². The SMILES string of the molecule is CCC(C)(OC)c1nc(N)n[nH]1. The van der Waals surface area contributed by atoms with Crippen molar-refractivity contribution in [2.24, 2.45) is 0 Å². The predicted octanol–water partition coefficient (Wildman–Crippen LogP) is 0.659. The lowest BCUT2D eigenvalue weighted by molar-refractivity contribution is -0.00863. The van der Waals surface area contributed by atoms with Crippen LogP contribution in [0.5, 0.6) is 0 Å². The maximum Gasteiger partial charge on any atom is 0.239 e. The lowest BCUT2D eigenvalue weighted by Crippen LogP contribution is -2.24. The second-order valence-corrected chi connectivity index (χ2v) is 2.83. The summed E-state index contributed by atoms with van der Waals surface area (Å²) in [5, 5.41) is 6.48. The number of aromatic nitrogens is 3. The highest BCUT2D eigenvalue weighted by molar-refractivity contribution is 5.15. The second-order valence-electron chi connectivity index (χ2n) is 2.83. The first-order chi connectivity index (χ1) is 5.62. The Hall–Kier alpha value is -1.10. The molecule has 0 aliphatic rings. The van der Waals surface area contributed by atoms with Gasteiger partial charge < -0.3 is 10.5 Å². The van der Waals surface area contributed by atoms with Crippen molar-refractivity contribution >= 4 is 5.95 Å². The highest BCUT2D eigenvalue weighted by Gasteiger charge is 2.27. The van der Waals surface area contributed by atoms with E-state index in [1.54, 1.807) is 7.11 Å². The summed E-state index contributed by atoms with van der Waals surface area (Å²) >= 11 is 0. The van der Waals surface area contributed by atoms with Gasteiger partial charge in [-0.1, -0.05) is 6.92 Å². The molecule has 0 aliphatic heterocycles. The number of nitrogens with two attached hydrogens (primary N) is 1. The molecular formula is C7H14N4O. The molecule has 5 nitrogen and oxygen atoms in total. The lowest BCUT2D eigenvalue weighted by Gasteiger charge is -2.22. The minimum absolute atomic E-state index is 0.252. The Kier molecular flexibility index (Phi) is 2.32. The molecule has 1 aromatic heterocycles. The zero-order valence-corrected chi connectivity index (χ0v) is 7.59. The molecule has 0 radical (unpaired) electrons. The fraction of sp³-hybridized carbons (Fsp3) is 0.714.